The molecule has 3 aromatic rings. The van der Waals surface area contributed by atoms with Crippen LogP contribution < -0.4 is 5.32 Å². The molecule has 2 heterocycles. The maximum absolute atomic E-state index is 13.6. The summed E-state index contributed by atoms with van der Waals surface area (Å²) >= 11 is 1.31. The highest BCUT2D eigenvalue weighted by Crippen LogP contribution is 2.25. The molecule has 0 fully saturated rings. The predicted octanol–water partition coefficient (Wildman–Crippen LogP) is 4.30. The van der Waals surface area contributed by atoms with Gasteiger partial charge in [-0.05, 0) is 50.6 Å². The van der Waals surface area contributed by atoms with Crippen LogP contribution >= 0.6 is 11.8 Å². The molecule has 1 unspecified atom stereocenters. The zero-order chi connectivity index (χ0) is 21.7. The van der Waals surface area contributed by atoms with E-state index in [1.807, 2.05) is 0 Å². The van der Waals surface area contributed by atoms with E-state index in [0.29, 0.717) is 22.1 Å². The number of carbonyl (C=O) groups excluding carboxylic acids is 2. The molecular weight excluding hydrogens is 409 g/mol. The quantitative estimate of drug-likeness (QED) is 0.442. The van der Waals surface area contributed by atoms with Gasteiger partial charge >= 0.3 is 5.97 Å². The van der Waals surface area contributed by atoms with Crippen LogP contribution in [0.2, 0.25) is 0 Å². The Morgan fingerprint density at radius 2 is 2.07 bits per heavy atom. The number of thioether (sulfide) groups is 1. The molecule has 1 aromatic carbocycles. The van der Waals surface area contributed by atoms with Crippen LogP contribution in [-0.2, 0) is 15.3 Å². The largest absolute Gasteiger partial charge is 0.449 e. The average molecular weight is 429 g/mol. The molecule has 1 N–H and O–H groups in total. The summed E-state index contributed by atoms with van der Waals surface area (Å²) in [6.07, 6.45) is 0.480. The number of ether oxygens (including phenoxy) is 1. The third-order valence-electron chi connectivity index (χ3n) is 4.12. The summed E-state index contributed by atoms with van der Waals surface area (Å²) < 4.78 is 24.0. The molecule has 9 heteroatoms. The van der Waals surface area contributed by atoms with E-state index < -0.39 is 23.8 Å². The Labute approximate surface area is 177 Å². The van der Waals surface area contributed by atoms with Crippen molar-refractivity contribution in [3.8, 4) is 0 Å². The first-order valence-electron chi connectivity index (χ1n) is 9.11. The maximum Gasteiger partial charge on any atom is 0.341 e. The topological polar surface area (TPSA) is 94.3 Å². The van der Waals surface area contributed by atoms with Gasteiger partial charge < -0.3 is 14.6 Å². The van der Waals surface area contributed by atoms with Crippen molar-refractivity contribution in [1.82, 2.24) is 10.1 Å². The van der Waals surface area contributed by atoms with Gasteiger partial charge in [-0.2, -0.15) is 0 Å². The van der Waals surface area contributed by atoms with Gasteiger partial charge in [0.1, 0.15) is 16.6 Å². The molecular formula is C21H20FN3O4S. The Hall–Kier alpha value is -3.20. The number of hydrogen-bond donors (Lipinski definition) is 1. The number of hydrogen-bond acceptors (Lipinski definition) is 7. The van der Waals surface area contributed by atoms with Gasteiger partial charge in [0.2, 0.25) is 0 Å². The smallest absolute Gasteiger partial charge is 0.341 e. The molecule has 0 aliphatic rings. The third-order valence-corrected chi connectivity index (χ3v) is 5.16. The lowest BCUT2D eigenvalue weighted by molar-refractivity contribution is -0.123. The summed E-state index contributed by atoms with van der Waals surface area (Å²) in [6, 6.07) is 9.33. The van der Waals surface area contributed by atoms with Gasteiger partial charge in [0, 0.05) is 23.7 Å². The number of halogens is 1. The summed E-state index contributed by atoms with van der Waals surface area (Å²) in [5.74, 6) is -0.525. The summed E-state index contributed by atoms with van der Waals surface area (Å²) in [4.78, 5) is 29.1. The normalized spacial score (nSPS) is 11.7. The van der Waals surface area contributed by atoms with Crippen LogP contribution in [0, 0.1) is 19.7 Å². The molecule has 0 saturated carbocycles. The third kappa shape index (κ3) is 5.44. The monoisotopic (exact) mass is 429 g/mol. The van der Waals surface area contributed by atoms with Crippen LogP contribution in [0.15, 0.2) is 52.1 Å². The lowest BCUT2D eigenvalue weighted by atomic mass is 10.2. The average Bonchev–Trinajstić information content (AvgIpc) is 3.14. The lowest BCUT2D eigenvalue weighted by Crippen LogP contribution is -2.30. The zero-order valence-electron chi connectivity index (χ0n) is 16.6. The first-order valence-corrected chi connectivity index (χ1v) is 10.1. The Kier molecular flexibility index (Phi) is 6.83. The standard InChI is InChI=1S/C21H20FN3O4S/c1-12-6-7-15(10-18(12)22)24-19(26)14(3)28-21(27)17-5-4-8-23-20(17)30-11-16-9-13(2)29-25-16/h4-10,14H,11H2,1-3H3,(H,24,26). The van der Waals surface area contributed by atoms with Crippen LogP contribution in [0.1, 0.15) is 34.3 Å². The molecule has 30 heavy (non-hydrogen) atoms. The number of esters is 1. The SMILES string of the molecule is Cc1cc(CSc2ncccc2C(=O)OC(C)C(=O)Nc2ccc(C)c(F)c2)no1. The van der Waals surface area contributed by atoms with Crippen molar-refractivity contribution in [2.45, 2.75) is 37.7 Å². The van der Waals surface area contributed by atoms with Crippen molar-refractivity contribution in [3.05, 3.63) is 71.0 Å². The molecule has 2 aromatic heterocycles. The molecule has 0 aliphatic carbocycles. The van der Waals surface area contributed by atoms with Crippen molar-refractivity contribution >= 4 is 29.3 Å². The number of rotatable bonds is 7. The highest BCUT2D eigenvalue weighted by molar-refractivity contribution is 7.98. The van der Waals surface area contributed by atoms with E-state index in [1.54, 1.807) is 50.4 Å². The number of aryl methyl sites for hydroxylation is 2. The fourth-order valence-corrected chi connectivity index (χ4v) is 3.34. The Balaban J connectivity index is 1.63. The number of benzene rings is 1. The summed E-state index contributed by atoms with van der Waals surface area (Å²) in [7, 11) is 0. The van der Waals surface area contributed by atoms with Crippen molar-refractivity contribution in [2.75, 3.05) is 5.32 Å². The molecule has 0 saturated heterocycles. The van der Waals surface area contributed by atoms with Gasteiger partial charge in [-0.15, -0.1) is 0 Å². The van der Waals surface area contributed by atoms with Crippen molar-refractivity contribution < 1.29 is 23.2 Å². The maximum atomic E-state index is 13.6. The summed E-state index contributed by atoms with van der Waals surface area (Å²) in [5.41, 5.74) is 1.71. The first-order chi connectivity index (χ1) is 14.3. The van der Waals surface area contributed by atoms with E-state index in [1.165, 1.54) is 24.8 Å². The highest BCUT2D eigenvalue weighted by atomic mass is 32.2. The van der Waals surface area contributed by atoms with Crippen LogP contribution in [0.4, 0.5) is 10.1 Å². The molecule has 1 amide bonds. The molecule has 3 rings (SSSR count). The van der Waals surface area contributed by atoms with Crippen LogP contribution in [0.3, 0.4) is 0 Å². The first kappa shape index (κ1) is 21.5. The van der Waals surface area contributed by atoms with E-state index in [9.17, 15) is 14.0 Å². The van der Waals surface area contributed by atoms with Gasteiger partial charge in [-0.1, -0.05) is 23.0 Å². The second kappa shape index (κ2) is 9.53. The van der Waals surface area contributed by atoms with Crippen molar-refractivity contribution in [3.63, 3.8) is 0 Å². The molecule has 1 atom stereocenters. The van der Waals surface area contributed by atoms with Crippen LogP contribution in [0.25, 0.3) is 0 Å². The number of anilines is 1. The molecule has 156 valence electrons. The van der Waals surface area contributed by atoms with Gasteiger partial charge in [0.05, 0.1) is 11.3 Å². The second-order valence-corrected chi connectivity index (χ2v) is 7.54. The van der Waals surface area contributed by atoms with Crippen LogP contribution in [0.5, 0.6) is 0 Å². The van der Waals surface area contributed by atoms with Gasteiger partial charge in [-0.3, -0.25) is 4.79 Å². The predicted molar refractivity (Wildman–Crippen MR) is 110 cm³/mol. The Morgan fingerprint density at radius 1 is 1.27 bits per heavy atom. The highest BCUT2D eigenvalue weighted by Gasteiger charge is 2.22. The summed E-state index contributed by atoms with van der Waals surface area (Å²) in [6.45, 7) is 4.86. The number of aromatic nitrogens is 2. The Bertz CT molecular complexity index is 1070. The minimum absolute atomic E-state index is 0.240. The Morgan fingerprint density at radius 3 is 2.77 bits per heavy atom. The minimum atomic E-state index is -1.09. The molecule has 0 spiro atoms. The zero-order valence-corrected chi connectivity index (χ0v) is 17.5. The van der Waals surface area contributed by atoms with Gasteiger partial charge in [-0.25, -0.2) is 14.2 Å². The number of nitrogens with one attached hydrogen (secondary N) is 1. The van der Waals surface area contributed by atoms with E-state index in [0.717, 1.165) is 5.69 Å². The molecule has 0 aliphatic heterocycles. The lowest BCUT2D eigenvalue weighted by Gasteiger charge is -2.15. The second-order valence-electron chi connectivity index (χ2n) is 6.57. The molecule has 7 nitrogen and oxygen atoms in total. The van der Waals surface area contributed by atoms with E-state index in [-0.39, 0.29) is 11.3 Å². The fourth-order valence-electron chi connectivity index (χ4n) is 2.48. The van der Waals surface area contributed by atoms with E-state index >= 15 is 0 Å². The molecule has 0 radical (unpaired) electrons. The summed E-state index contributed by atoms with van der Waals surface area (Å²) in [5, 5.41) is 6.90. The van der Waals surface area contributed by atoms with Crippen molar-refractivity contribution in [1.29, 1.82) is 0 Å². The molecule has 0 bridgehead atoms. The van der Waals surface area contributed by atoms with Crippen molar-refractivity contribution in [2.24, 2.45) is 0 Å². The van der Waals surface area contributed by atoms with Gasteiger partial charge in [0.25, 0.3) is 5.91 Å². The number of carbonyl (C=O) groups is 2. The van der Waals surface area contributed by atoms with Crippen LogP contribution in [-0.4, -0.2) is 28.1 Å². The van der Waals surface area contributed by atoms with Gasteiger partial charge in [0.15, 0.2) is 6.10 Å². The number of nitrogens with zero attached hydrogens (tertiary/aromatic N) is 2. The number of pyridine rings is 1. The fraction of sp³-hybridized carbons (Fsp3) is 0.238. The minimum Gasteiger partial charge on any atom is -0.449 e. The van der Waals surface area contributed by atoms with E-state index in [2.05, 4.69) is 15.5 Å². The van der Waals surface area contributed by atoms with E-state index in [4.69, 9.17) is 9.26 Å². The number of amides is 1.